The molecule has 4 bridgehead atoms. The van der Waals surface area contributed by atoms with Crippen LogP contribution >= 0.6 is 0 Å². The summed E-state index contributed by atoms with van der Waals surface area (Å²) in [6.45, 7) is 14.2. The minimum atomic E-state index is -0.0928. The van der Waals surface area contributed by atoms with E-state index in [-0.39, 0.29) is 10.8 Å². The van der Waals surface area contributed by atoms with Crippen molar-refractivity contribution >= 4 is 27.8 Å². The summed E-state index contributed by atoms with van der Waals surface area (Å²) in [5.41, 5.74) is 16.5. The predicted molar refractivity (Wildman–Crippen MR) is 225 cm³/mol. The van der Waals surface area contributed by atoms with E-state index >= 15 is 0 Å². The van der Waals surface area contributed by atoms with Crippen LogP contribution in [0.15, 0.2) is 121 Å². The standard InChI is InChI=1S/C52H53N/c1-33-13-11-20-46-49(33)43-22-21-41(29-47(43)51(46,5)6)53(40-17-12-16-39(28-40)52-30-34-23-35(31-52)25-36(24-34)32-52)48-27-38-15-8-7-14-37(38)26-44(48)42-18-9-10-19-45(42)50(2,3)4/h7-22,26-29,34-36H,23-25,30-32H2,1-6H3. The Morgan fingerprint density at radius 1 is 0.566 bits per heavy atom. The first-order valence-corrected chi connectivity index (χ1v) is 20.3. The van der Waals surface area contributed by atoms with Crippen LogP contribution in [0.1, 0.15) is 101 Å². The van der Waals surface area contributed by atoms with Gasteiger partial charge in [0.15, 0.2) is 0 Å². The fourth-order valence-electron chi connectivity index (χ4n) is 12.0. The molecule has 0 aliphatic heterocycles. The summed E-state index contributed by atoms with van der Waals surface area (Å²) in [7, 11) is 0. The van der Waals surface area contributed by atoms with E-state index in [2.05, 4.69) is 168 Å². The molecule has 5 aliphatic carbocycles. The zero-order chi connectivity index (χ0) is 36.3. The third kappa shape index (κ3) is 5.17. The summed E-state index contributed by atoms with van der Waals surface area (Å²) in [6, 6.07) is 47.0. The lowest BCUT2D eigenvalue weighted by molar-refractivity contribution is -0.00516. The normalized spacial score (nSPS) is 23.6. The molecule has 266 valence electrons. The third-order valence-corrected chi connectivity index (χ3v) is 14.0. The SMILES string of the molecule is Cc1cccc2c1-c1ccc(N(c3cccc(C45CC6CC(CC(C6)C4)C5)c3)c3cc4ccccc4cc3-c3ccccc3C(C)(C)C)cc1C2(C)C. The molecule has 0 amide bonds. The third-order valence-electron chi connectivity index (χ3n) is 14.0. The molecule has 0 aromatic heterocycles. The molecule has 0 saturated heterocycles. The zero-order valence-corrected chi connectivity index (χ0v) is 32.5. The van der Waals surface area contributed by atoms with Gasteiger partial charge in [0.25, 0.3) is 0 Å². The first-order valence-electron chi connectivity index (χ1n) is 20.3. The maximum absolute atomic E-state index is 2.62. The van der Waals surface area contributed by atoms with Crippen LogP contribution in [0.4, 0.5) is 17.1 Å². The van der Waals surface area contributed by atoms with Crippen molar-refractivity contribution in [2.75, 3.05) is 4.90 Å². The molecule has 4 fully saturated rings. The van der Waals surface area contributed by atoms with Gasteiger partial charge in [-0.1, -0.05) is 120 Å². The van der Waals surface area contributed by atoms with E-state index < -0.39 is 0 Å². The Morgan fingerprint density at radius 2 is 1.21 bits per heavy atom. The number of rotatable bonds is 5. The van der Waals surface area contributed by atoms with E-state index in [1.807, 2.05) is 0 Å². The molecule has 6 aromatic carbocycles. The van der Waals surface area contributed by atoms with Crippen LogP contribution in [0.2, 0.25) is 0 Å². The maximum atomic E-state index is 2.62. The van der Waals surface area contributed by atoms with Crippen LogP contribution in [-0.2, 0) is 16.2 Å². The number of nitrogens with zero attached hydrogens (tertiary/aromatic N) is 1. The highest BCUT2D eigenvalue weighted by molar-refractivity contribution is 5.99. The van der Waals surface area contributed by atoms with Gasteiger partial charge >= 0.3 is 0 Å². The molecule has 0 atom stereocenters. The molecule has 53 heavy (non-hydrogen) atoms. The van der Waals surface area contributed by atoms with Crippen molar-refractivity contribution in [1.29, 1.82) is 0 Å². The second kappa shape index (κ2) is 11.7. The molecule has 1 nitrogen and oxygen atoms in total. The molecular formula is C52H53N. The fourth-order valence-corrected chi connectivity index (χ4v) is 12.0. The van der Waals surface area contributed by atoms with Crippen molar-refractivity contribution in [1.82, 2.24) is 0 Å². The summed E-state index contributed by atoms with van der Waals surface area (Å²) in [6.07, 6.45) is 8.50. The number of anilines is 3. The van der Waals surface area contributed by atoms with E-state index in [0.29, 0.717) is 5.41 Å². The Balaban J connectivity index is 1.23. The van der Waals surface area contributed by atoms with Gasteiger partial charge in [0.05, 0.1) is 5.69 Å². The van der Waals surface area contributed by atoms with Crippen molar-refractivity contribution in [3.8, 4) is 22.3 Å². The molecule has 6 aromatic rings. The molecule has 0 radical (unpaired) electrons. The minimum absolute atomic E-state index is 0.00993. The van der Waals surface area contributed by atoms with Crippen molar-refractivity contribution < 1.29 is 0 Å². The topological polar surface area (TPSA) is 3.24 Å². The van der Waals surface area contributed by atoms with Gasteiger partial charge in [-0.05, 0) is 166 Å². The van der Waals surface area contributed by atoms with Crippen LogP contribution in [0, 0.1) is 24.7 Å². The Morgan fingerprint density at radius 3 is 1.92 bits per heavy atom. The fraction of sp³-hybridized carbons (Fsp3) is 0.346. The van der Waals surface area contributed by atoms with Crippen LogP contribution in [-0.4, -0.2) is 0 Å². The van der Waals surface area contributed by atoms with E-state index in [1.165, 1.54) is 111 Å². The van der Waals surface area contributed by atoms with E-state index in [0.717, 1.165) is 17.8 Å². The summed E-state index contributed by atoms with van der Waals surface area (Å²) in [5, 5.41) is 2.55. The molecular weight excluding hydrogens is 639 g/mol. The highest BCUT2D eigenvalue weighted by Crippen LogP contribution is 2.61. The van der Waals surface area contributed by atoms with Crippen molar-refractivity contribution in [2.45, 2.75) is 96.3 Å². The minimum Gasteiger partial charge on any atom is -0.310 e. The zero-order valence-electron chi connectivity index (χ0n) is 32.5. The highest BCUT2D eigenvalue weighted by atomic mass is 15.1. The van der Waals surface area contributed by atoms with E-state index in [9.17, 15) is 0 Å². The van der Waals surface area contributed by atoms with Gasteiger partial charge in [-0.2, -0.15) is 0 Å². The smallest absolute Gasteiger partial charge is 0.0546 e. The summed E-state index contributed by atoms with van der Waals surface area (Å²) in [5.74, 6) is 2.73. The second-order valence-corrected chi connectivity index (χ2v) is 18.9. The van der Waals surface area contributed by atoms with E-state index in [1.54, 1.807) is 5.56 Å². The van der Waals surface area contributed by atoms with Gasteiger partial charge in [-0.25, -0.2) is 0 Å². The highest BCUT2D eigenvalue weighted by Gasteiger charge is 2.51. The van der Waals surface area contributed by atoms with Crippen LogP contribution < -0.4 is 4.90 Å². The Bertz CT molecular complexity index is 2380. The first-order chi connectivity index (χ1) is 25.5. The number of hydrogen-bond acceptors (Lipinski definition) is 1. The Labute approximate surface area is 317 Å². The summed E-state index contributed by atoms with van der Waals surface area (Å²) in [4.78, 5) is 2.62. The number of benzene rings is 6. The van der Waals surface area contributed by atoms with Crippen LogP contribution in [0.3, 0.4) is 0 Å². The van der Waals surface area contributed by atoms with Gasteiger partial charge in [0, 0.05) is 22.4 Å². The molecule has 5 aliphatic rings. The lowest BCUT2D eigenvalue weighted by Crippen LogP contribution is -2.48. The largest absolute Gasteiger partial charge is 0.310 e. The molecule has 4 saturated carbocycles. The summed E-state index contributed by atoms with van der Waals surface area (Å²) < 4.78 is 0. The van der Waals surface area contributed by atoms with Crippen LogP contribution in [0.25, 0.3) is 33.0 Å². The molecule has 0 spiro atoms. The van der Waals surface area contributed by atoms with Gasteiger partial charge in [-0.3, -0.25) is 0 Å². The second-order valence-electron chi connectivity index (χ2n) is 18.9. The van der Waals surface area contributed by atoms with Crippen molar-refractivity contribution in [2.24, 2.45) is 17.8 Å². The van der Waals surface area contributed by atoms with Gasteiger partial charge < -0.3 is 4.90 Å². The Hall–Kier alpha value is -4.62. The first kappa shape index (κ1) is 33.0. The quantitative estimate of drug-likeness (QED) is 0.174. The molecule has 0 unspecified atom stereocenters. The maximum Gasteiger partial charge on any atom is 0.0546 e. The number of aryl methyl sites for hydroxylation is 1. The lowest BCUT2D eigenvalue weighted by atomic mass is 9.48. The summed E-state index contributed by atoms with van der Waals surface area (Å²) >= 11 is 0. The number of fused-ring (bicyclic) bond motifs is 4. The van der Waals surface area contributed by atoms with Crippen LogP contribution in [0.5, 0.6) is 0 Å². The lowest BCUT2D eigenvalue weighted by Gasteiger charge is -2.57. The predicted octanol–water partition coefficient (Wildman–Crippen LogP) is 14.4. The van der Waals surface area contributed by atoms with Crippen molar-refractivity contribution in [3.05, 3.63) is 149 Å². The average molecular weight is 692 g/mol. The monoisotopic (exact) mass is 691 g/mol. The molecule has 0 heterocycles. The average Bonchev–Trinajstić information content (AvgIpc) is 3.37. The van der Waals surface area contributed by atoms with E-state index in [4.69, 9.17) is 0 Å². The van der Waals surface area contributed by atoms with Gasteiger partial charge in [0.1, 0.15) is 0 Å². The van der Waals surface area contributed by atoms with Gasteiger partial charge in [0.2, 0.25) is 0 Å². The van der Waals surface area contributed by atoms with Gasteiger partial charge in [-0.15, -0.1) is 0 Å². The Kier molecular flexibility index (Phi) is 7.27. The number of hydrogen-bond donors (Lipinski definition) is 0. The molecule has 0 N–H and O–H groups in total. The van der Waals surface area contributed by atoms with Crippen molar-refractivity contribution in [3.63, 3.8) is 0 Å². The molecule has 1 heteroatoms. The molecule has 11 rings (SSSR count).